The Bertz CT molecular complexity index is 1290. The van der Waals surface area contributed by atoms with Crippen molar-refractivity contribution in [3.05, 3.63) is 32.9 Å². The van der Waals surface area contributed by atoms with Gasteiger partial charge in [0.25, 0.3) is 5.56 Å². The third-order valence-corrected chi connectivity index (χ3v) is 5.29. The Kier molecular flexibility index (Phi) is 11.7. The first-order valence-electron chi connectivity index (χ1n) is 12.0. The Morgan fingerprint density at radius 2 is 1.49 bits per heavy atom. The first kappa shape index (κ1) is 32.6. The molecule has 1 aromatic rings. The minimum absolute atomic E-state index is 0.320. The number of esters is 4. The zero-order chi connectivity index (χ0) is 30.9. The highest BCUT2D eigenvalue weighted by molar-refractivity contribution is 5.84. The van der Waals surface area contributed by atoms with E-state index in [1.807, 2.05) is 0 Å². The number of nitrogens with one attached hydrogen (secondary N) is 3. The predicted molar refractivity (Wildman–Crippen MR) is 129 cm³/mol. The minimum Gasteiger partial charge on any atom is -0.463 e. The largest absolute Gasteiger partial charge is 0.463 e. The number of aromatic amines is 1. The molecule has 0 aromatic carbocycles. The van der Waals surface area contributed by atoms with E-state index in [0.717, 1.165) is 32.3 Å². The number of ether oxygens (including phenoxy) is 5. The van der Waals surface area contributed by atoms with E-state index < -0.39 is 96.6 Å². The summed E-state index contributed by atoms with van der Waals surface area (Å²) in [5, 5.41) is 4.60. The fraction of sp³-hybridized carbons (Fsp3) is 0.565. The van der Waals surface area contributed by atoms with Crippen molar-refractivity contribution < 1.29 is 56.8 Å². The Hall–Kier alpha value is -4.61. The Morgan fingerprint density at radius 3 is 2.07 bits per heavy atom. The first-order valence-corrected chi connectivity index (χ1v) is 12.0. The molecule has 3 N–H and O–H groups in total. The zero-order valence-electron chi connectivity index (χ0n) is 22.4. The van der Waals surface area contributed by atoms with Crippen LogP contribution < -0.4 is 21.9 Å². The molecular weight excluding hydrogens is 559 g/mol. The van der Waals surface area contributed by atoms with Crippen molar-refractivity contribution in [2.24, 2.45) is 0 Å². The van der Waals surface area contributed by atoms with E-state index in [2.05, 4.69) is 10.6 Å². The van der Waals surface area contributed by atoms with Crippen molar-refractivity contribution in [1.29, 1.82) is 0 Å². The maximum atomic E-state index is 13.4. The normalized spacial score (nSPS) is 21.6. The number of carbonyl (C=O) groups excluding carboxylic acids is 6. The molecule has 41 heavy (non-hydrogen) atoms. The van der Waals surface area contributed by atoms with Crippen molar-refractivity contribution in [3.63, 3.8) is 0 Å². The van der Waals surface area contributed by atoms with Crippen LogP contribution in [0.3, 0.4) is 0 Å². The molecule has 0 radical (unpaired) electrons. The summed E-state index contributed by atoms with van der Waals surface area (Å²) in [6, 6.07) is 0. The van der Waals surface area contributed by atoms with Crippen LogP contribution >= 0.6 is 0 Å². The summed E-state index contributed by atoms with van der Waals surface area (Å²) < 4.78 is 40.5. The lowest BCUT2D eigenvalue weighted by Gasteiger charge is -2.44. The van der Waals surface area contributed by atoms with Crippen molar-refractivity contribution in [2.45, 2.75) is 71.3 Å². The van der Waals surface area contributed by atoms with Gasteiger partial charge in [0.2, 0.25) is 17.6 Å². The highest BCUT2D eigenvalue weighted by atomic mass is 19.1. The van der Waals surface area contributed by atoms with Gasteiger partial charge in [-0.25, -0.2) is 4.79 Å². The summed E-state index contributed by atoms with van der Waals surface area (Å²) >= 11 is 0. The third kappa shape index (κ3) is 10.1. The second-order valence-electron chi connectivity index (χ2n) is 8.64. The molecule has 226 valence electrons. The van der Waals surface area contributed by atoms with Crippen LogP contribution in [0.4, 0.5) is 4.39 Å². The van der Waals surface area contributed by atoms with Gasteiger partial charge in [0.05, 0.1) is 12.7 Å². The molecule has 2 amide bonds. The number of aromatic nitrogens is 2. The number of halogens is 1. The van der Waals surface area contributed by atoms with E-state index in [-0.39, 0.29) is 13.0 Å². The molecule has 1 aromatic heterocycles. The van der Waals surface area contributed by atoms with Crippen molar-refractivity contribution in [2.75, 3.05) is 13.2 Å². The molecule has 0 saturated carbocycles. The van der Waals surface area contributed by atoms with Gasteiger partial charge in [-0.15, -0.1) is 0 Å². The van der Waals surface area contributed by atoms with Gasteiger partial charge < -0.3 is 34.3 Å². The molecule has 18 heteroatoms. The maximum Gasteiger partial charge on any atom is 0.328 e. The van der Waals surface area contributed by atoms with E-state index in [9.17, 15) is 42.7 Å². The maximum absolute atomic E-state index is 13.4. The molecule has 0 spiro atoms. The molecule has 1 aliphatic heterocycles. The van der Waals surface area contributed by atoms with Crippen molar-refractivity contribution in [3.8, 4) is 0 Å². The lowest BCUT2D eigenvalue weighted by atomic mass is 9.97. The lowest BCUT2D eigenvalue weighted by molar-refractivity contribution is -0.256. The van der Waals surface area contributed by atoms with Gasteiger partial charge >= 0.3 is 29.6 Å². The van der Waals surface area contributed by atoms with E-state index in [0.29, 0.717) is 6.20 Å². The summed E-state index contributed by atoms with van der Waals surface area (Å²) in [7, 11) is 0. The number of nitrogens with zero attached hydrogens (tertiary/aromatic N) is 1. The van der Waals surface area contributed by atoms with Crippen molar-refractivity contribution in [1.82, 2.24) is 20.2 Å². The number of rotatable bonds is 11. The Balaban J connectivity index is 2.16. The number of amides is 2. The first-order chi connectivity index (χ1) is 19.2. The lowest BCUT2D eigenvalue weighted by Crippen LogP contribution is -2.66. The van der Waals surface area contributed by atoms with E-state index in [4.69, 9.17) is 23.7 Å². The van der Waals surface area contributed by atoms with Gasteiger partial charge in [-0.2, -0.15) is 4.39 Å². The van der Waals surface area contributed by atoms with Gasteiger partial charge in [0.15, 0.2) is 24.5 Å². The summed E-state index contributed by atoms with van der Waals surface area (Å²) in [5.74, 6) is -6.15. The summed E-state index contributed by atoms with van der Waals surface area (Å²) in [5.41, 5.74) is -2.15. The number of H-pyrrole nitrogens is 1. The van der Waals surface area contributed by atoms with Crippen molar-refractivity contribution >= 4 is 35.7 Å². The van der Waals surface area contributed by atoms with Gasteiger partial charge in [-0.3, -0.25) is 43.1 Å². The second-order valence-corrected chi connectivity index (χ2v) is 8.64. The highest BCUT2D eigenvalue weighted by Gasteiger charge is 2.52. The van der Waals surface area contributed by atoms with E-state index >= 15 is 0 Å². The molecule has 0 bridgehead atoms. The molecule has 5 atom stereocenters. The molecule has 2 rings (SSSR count). The Labute approximate surface area is 230 Å². The van der Waals surface area contributed by atoms with E-state index in [1.54, 1.807) is 4.98 Å². The van der Waals surface area contributed by atoms with Crippen LogP contribution in [0.2, 0.25) is 0 Å². The predicted octanol–water partition coefficient (Wildman–Crippen LogP) is -2.62. The molecule has 2 heterocycles. The van der Waals surface area contributed by atoms with Gasteiger partial charge in [-0.05, 0) is 0 Å². The summed E-state index contributed by atoms with van der Waals surface area (Å²) in [6.45, 7) is 2.72. The summed E-state index contributed by atoms with van der Waals surface area (Å²) in [4.78, 5) is 96.2. The number of hydrogen-bond acceptors (Lipinski definition) is 13. The highest BCUT2D eigenvalue weighted by Crippen LogP contribution is 2.28. The molecular formula is C23H29FN4O13. The fourth-order valence-corrected chi connectivity index (χ4v) is 3.69. The third-order valence-electron chi connectivity index (χ3n) is 5.29. The molecule has 1 saturated heterocycles. The van der Waals surface area contributed by atoms with Crippen LogP contribution in [-0.2, 0) is 59.0 Å². The van der Waals surface area contributed by atoms with Crippen LogP contribution in [0.15, 0.2) is 15.8 Å². The summed E-state index contributed by atoms with van der Waals surface area (Å²) in [6.07, 6.45) is -7.06. The molecule has 1 aliphatic rings. The zero-order valence-corrected chi connectivity index (χ0v) is 22.4. The average molecular weight is 588 g/mol. The fourth-order valence-electron chi connectivity index (χ4n) is 3.69. The van der Waals surface area contributed by atoms with Crippen LogP contribution in [-0.4, -0.2) is 89.0 Å². The monoisotopic (exact) mass is 588 g/mol. The van der Waals surface area contributed by atoms with Crippen LogP contribution in [0.25, 0.3) is 0 Å². The molecule has 0 unspecified atom stereocenters. The second kappa shape index (κ2) is 14.7. The van der Waals surface area contributed by atoms with Gasteiger partial charge in [-0.1, -0.05) is 0 Å². The van der Waals surface area contributed by atoms with Gasteiger partial charge in [0.1, 0.15) is 12.7 Å². The molecule has 0 aliphatic carbocycles. The minimum atomic E-state index is -1.55. The topological polar surface area (TPSA) is 227 Å². The van der Waals surface area contributed by atoms with Crippen LogP contribution in [0, 0.1) is 5.82 Å². The number of carbonyl (C=O) groups is 6. The quantitative estimate of drug-likeness (QED) is 0.178. The SMILES string of the molecule is CC(=O)OC[C@H]1O[C@@H](NC(=O)CNC(=O)CCn2cc(F)c(=O)[nH]c2=O)[C@H](OC(C)=O)[C@@H](OC(C)=O)[C@H]1OC(C)=O. The Morgan fingerprint density at radius 1 is 0.902 bits per heavy atom. The van der Waals surface area contributed by atoms with Gasteiger partial charge in [0, 0.05) is 40.7 Å². The average Bonchev–Trinajstić information content (AvgIpc) is 2.85. The number of hydrogen-bond donors (Lipinski definition) is 3. The number of aryl methyl sites for hydroxylation is 1. The van der Waals surface area contributed by atoms with E-state index in [1.165, 1.54) is 0 Å². The molecule has 17 nitrogen and oxygen atoms in total. The van der Waals surface area contributed by atoms with Crippen LogP contribution in [0.1, 0.15) is 34.1 Å². The smallest absolute Gasteiger partial charge is 0.328 e. The standard InChI is InChI=1S/C23H29FN4O13/c1-10(29)37-9-15-18(38-11(2)30)19(39-12(3)31)20(40-13(4)32)22(41-15)26-17(34)7-25-16(33)5-6-28-8-14(24)21(35)27-23(28)36/h8,15,18-20,22H,5-7,9H2,1-4H3,(H,25,33)(H,26,34)(H,27,35,36)/t15-,18+,19+,20-,22-/m1/s1. The van der Waals surface area contributed by atoms with Crippen LogP contribution in [0.5, 0.6) is 0 Å². The molecule has 1 fully saturated rings.